The molecule has 18 heavy (non-hydrogen) atoms. The Hall–Kier alpha value is -1.10. The van der Waals surface area contributed by atoms with E-state index in [1.54, 1.807) is 18.2 Å². The lowest BCUT2D eigenvalue weighted by Gasteiger charge is -2.11. The number of nitrogens with zero attached hydrogens (tertiary/aromatic N) is 1. The predicted octanol–water partition coefficient (Wildman–Crippen LogP) is 4.06. The number of hydrogen-bond donors (Lipinski definition) is 1. The normalized spacial score (nSPS) is 10.4. The molecule has 2 N–H and O–H groups in total. The fourth-order valence-electron chi connectivity index (χ4n) is 1.47. The van der Waals surface area contributed by atoms with Crippen LogP contribution in [0.15, 0.2) is 34.8 Å². The van der Waals surface area contributed by atoms with Crippen LogP contribution in [-0.4, -0.2) is 4.98 Å². The molecule has 0 amide bonds. The van der Waals surface area contributed by atoms with Crippen molar-refractivity contribution in [2.75, 3.05) is 0 Å². The van der Waals surface area contributed by atoms with Crippen molar-refractivity contribution in [1.82, 2.24) is 4.98 Å². The van der Waals surface area contributed by atoms with Gasteiger partial charge in [-0.2, -0.15) is 0 Å². The molecule has 5 heteroatoms. The largest absolute Gasteiger partial charge is 0.437 e. The fraction of sp³-hybridized carbons (Fsp3) is 0.154. The van der Waals surface area contributed by atoms with Crippen LogP contribution in [0.3, 0.4) is 0 Å². The maximum absolute atomic E-state index is 5.88. The number of rotatable bonds is 3. The molecule has 1 heterocycles. The zero-order valence-corrected chi connectivity index (χ0v) is 12.1. The van der Waals surface area contributed by atoms with E-state index in [0.29, 0.717) is 23.2 Å². The Balaban J connectivity index is 2.36. The average molecular weight is 328 g/mol. The van der Waals surface area contributed by atoms with Gasteiger partial charge in [-0.05, 0) is 47.1 Å². The average Bonchev–Trinajstić information content (AvgIpc) is 2.33. The van der Waals surface area contributed by atoms with Gasteiger partial charge in [0.15, 0.2) is 0 Å². The Morgan fingerprint density at radius 1 is 1.33 bits per heavy atom. The second kappa shape index (κ2) is 5.69. The minimum atomic E-state index is 0.383. The molecule has 0 unspecified atom stereocenters. The van der Waals surface area contributed by atoms with Crippen LogP contribution < -0.4 is 10.5 Å². The van der Waals surface area contributed by atoms with Gasteiger partial charge in [0.1, 0.15) is 5.75 Å². The number of aryl methyl sites for hydroxylation is 1. The molecule has 0 saturated carbocycles. The van der Waals surface area contributed by atoms with E-state index in [2.05, 4.69) is 20.9 Å². The van der Waals surface area contributed by atoms with Crippen molar-refractivity contribution in [3.05, 3.63) is 51.1 Å². The highest BCUT2D eigenvalue weighted by Gasteiger charge is 2.09. The van der Waals surface area contributed by atoms with E-state index < -0.39 is 0 Å². The summed E-state index contributed by atoms with van der Waals surface area (Å²) >= 11 is 9.28. The number of benzene rings is 1. The van der Waals surface area contributed by atoms with Crippen molar-refractivity contribution in [3.8, 4) is 11.6 Å². The van der Waals surface area contributed by atoms with Crippen LogP contribution in [0.5, 0.6) is 11.6 Å². The van der Waals surface area contributed by atoms with Crippen LogP contribution in [0, 0.1) is 6.92 Å². The maximum Gasteiger partial charge on any atom is 0.224 e. The summed E-state index contributed by atoms with van der Waals surface area (Å²) in [6.45, 7) is 2.29. The first kappa shape index (κ1) is 13.3. The van der Waals surface area contributed by atoms with Gasteiger partial charge in [-0.25, -0.2) is 4.98 Å². The highest BCUT2D eigenvalue weighted by molar-refractivity contribution is 9.10. The molecular weight excluding hydrogens is 316 g/mol. The van der Waals surface area contributed by atoms with Gasteiger partial charge >= 0.3 is 0 Å². The number of hydrogen-bond acceptors (Lipinski definition) is 3. The SMILES string of the molecule is Cc1ccc(CN)c(Oc2ccc(Cl)cc2Br)n1. The quantitative estimate of drug-likeness (QED) is 0.925. The molecule has 0 atom stereocenters. The van der Waals surface area contributed by atoms with Crippen molar-refractivity contribution < 1.29 is 4.74 Å². The summed E-state index contributed by atoms with van der Waals surface area (Å²) in [6.07, 6.45) is 0. The smallest absolute Gasteiger partial charge is 0.224 e. The van der Waals surface area contributed by atoms with Crippen molar-refractivity contribution in [2.24, 2.45) is 5.73 Å². The first-order valence-electron chi connectivity index (χ1n) is 5.39. The molecule has 0 spiro atoms. The first-order valence-corrected chi connectivity index (χ1v) is 6.56. The summed E-state index contributed by atoms with van der Waals surface area (Å²) < 4.78 is 6.55. The Labute approximate surface area is 119 Å². The Bertz CT molecular complexity index is 575. The first-order chi connectivity index (χ1) is 8.60. The predicted molar refractivity (Wildman–Crippen MR) is 76.1 cm³/mol. The van der Waals surface area contributed by atoms with E-state index in [1.807, 2.05) is 19.1 Å². The lowest BCUT2D eigenvalue weighted by atomic mass is 10.2. The summed E-state index contributed by atoms with van der Waals surface area (Å²) in [7, 11) is 0. The molecule has 0 saturated heterocycles. The van der Waals surface area contributed by atoms with E-state index in [4.69, 9.17) is 22.1 Å². The molecule has 2 aromatic rings. The minimum absolute atomic E-state index is 0.383. The van der Waals surface area contributed by atoms with Gasteiger partial charge in [0.25, 0.3) is 0 Å². The molecule has 0 aliphatic carbocycles. The van der Waals surface area contributed by atoms with Crippen molar-refractivity contribution in [3.63, 3.8) is 0 Å². The summed E-state index contributed by atoms with van der Waals surface area (Å²) in [4.78, 5) is 4.35. The molecule has 0 radical (unpaired) electrons. The topological polar surface area (TPSA) is 48.1 Å². The van der Waals surface area contributed by atoms with Crippen molar-refractivity contribution in [1.29, 1.82) is 0 Å². The van der Waals surface area contributed by atoms with Gasteiger partial charge in [0.2, 0.25) is 5.88 Å². The second-order valence-electron chi connectivity index (χ2n) is 3.80. The summed E-state index contributed by atoms with van der Waals surface area (Å²) in [5.74, 6) is 1.19. The number of halogens is 2. The van der Waals surface area contributed by atoms with Crippen LogP contribution in [0.25, 0.3) is 0 Å². The number of nitrogens with two attached hydrogens (primary N) is 1. The molecule has 0 aliphatic rings. The number of pyridine rings is 1. The second-order valence-corrected chi connectivity index (χ2v) is 5.09. The van der Waals surface area contributed by atoms with Gasteiger partial charge in [-0.15, -0.1) is 0 Å². The van der Waals surface area contributed by atoms with E-state index in [9.17, 15) is 0 Å². The van der Waals surface area contributed by atoms with Gasteiger partial charge in [-0.3, -0.25) is 0 Å². The maximum atomic E-state index is 5.88. The van der Waals surface area contributed by atoms with Crippen LogP contribution in [-0.2, 0) is 6.54 Å². The van der Waals surface area contributed by atoms with E-state index >= 15 is 0 Å². The van der Waals surface area contributed by atoms with Crippen LogP contribution >= 0.6 is 27.5 Å². The van der Waals surface area contributed by atoms with Gasteiger partial charge in [0, 0.05) is 22.8 Å². The van der Waals surface area contributed by atoms with Crippen LogP contribution in [0.4, 0.5) is 0 Å². The van der Waals surface area contributed by atoms with Gasteiger partial charge < -0.3 is 10.5 Å². The molecule has 1 aromatic heterocycles. The Morgan fingerprint density at radius 3 is 2.78 bits per heavy atom. The molecular formula is C13H12BrClN2O. The molecule has 0 bridgehead atoms. The molecule has 94 valence electrons. The van der Waals surface area contributed by atoms with Crippen LogP contribution in [0.2, 0.25) is 5.02 Å². The summed E-state index contributed by atoms with van der Waals surface area (Å²) in [5.41, 5.74) is 7.41. The Kier molecular flexibility index (Phi) is 4.22. The molecule has 1 aromatic carbocycles. The zero-order valence-electron chi connectivity index (χ0n) is 9.78. The van der Waals surface area contributed by atoms with Gasteiger partial charge in [0.05, 0.1) is 4.47 Å². The van der Waals surface area contributed by atoms with E-state index in [0.717, 1.165) is 15.7 Å². The molecule has 0 fully saturated rings. The highest BCUT2D eigenvalue weighted by atomic mass is 79.9. The highest BCUT2D eigenvalue weighted by Crippen LogP contribution is 2.32. The molecule has 3 nitrogen and oxygen atoms in total. The molecule has 0 aliphatic heterocycles. The van der Waals surface area contributed by atoms with Crippen molar-refractivity contribution in [2.45, 2.75) is 13.5 Å². The lowest BCUT2D eigenvalue weighted by Crippen LogP contribution is -2.02. The van der Waals surface area contributed by atoms with E-state index in [1.165, 1.54) is 0 Å². The third-order valence-electron chi connectivity index (χ3n) is 2.40. The number of ether oxygens (including phenoxy) is 1. The van der Waals surface area contributed by atoms with Gasteiger partial charge in [-0.1, -0.05) is 17.7 Å². The summed E-state index contributed by atoms with van der Waals surface area (Å²) in [5, 5.41) is 0.644. The minimum Gasteiger partial charge on any atom is -0.437 e. The zero-order chi connectivity index (χ0) is 13.1. The Morgan fingerprint density at radius 2 is 2.11 bits per heavy atom. The third kappa shape index (κ3) is 3.02. The monoisotopic (exact) mass is 326 g/mol. The standard InChI is InChI=1S/C13H12BrClN2O/c1-8-2-3-9(7-16)13(17-8)18-12-5-4-10(15)6-11(12)14/h2-6H,7,16H2,1H3. The van der Waals surface area contributed by atoms with E-state index in [-0.39, 0.29) is 0 Å². The fourth-order valence-corrected chi connectivity index (χ4v) is 2.23. The summed E-state index contributed by atoms with van der Waals surface area (Å²) in [6, 6.07) is 9.15. The number of aromatic nitrogens is 1. The van der Waals surface area contributed by atoms with Crippen LogP contribution in [0.1, 0.15) is 11.3 Å². The molecule has 2 rings (SSSR count). The third-order valence-corrected chi connectivity index (χ3v) is 3.25. The lowest BCUT2D eigenvalue weighted by molar-refractivity contribution is 0.452. The van der Waals surface area contributed by atoms with Crippen molar-refractivity contribution >= 4 is 27.5 Å².